The van der Waals surface area contributed by atoms with Crippen LogP contribution in [0.25, 0.3) is 0 Å². The fourth-order valence-corrected chi connectivity index (χ4v) is 3.64. The van der Waals surface area contributed by atoms with E-state index in [-0.39, 0.29) is 0 Å². The third-order valence-corrected chi connectivity index (χ3v) is 5.74. The second-order valence-corrected chi connectivity index (χ2v) is 7.50. The van der Waals surface area contributed by atoms with Crippen LogP contribution >= 0.6 is 0 Å². The molecule has 0 aliphatic rings. The molecule has 2 atom stereocenters. The molecular formula is C26H30O2. The fraction of sp³-hybridized carbons (Fsp3) is 0.308. The number of ether oxygens (including phenoxy) is 2. The molecule has 3 rings (SSSR count). The van der Waals surface area contributed by atoms with Gasteiger partial charge < -0.3 is 9.47 Å². The fourth-order valence-electron chi connectivity index (χ4n) is 3.64. The molecule has 146 valence electrons. The lowest BCUT2D eigenvalue weighted by Gasteiger charge is -2.37. The molecule has 0 spiro atoms. The van der Waals surface area contributed by atoms with E-state index in [0.717, 1.165) is 23.3 Å². The molecule has 2 heteroatoms. The Labute approximate surface area is 169 Å². The summed E-state index contributed by atoms with van der Waals surface area (Å²) < 4.78 is 12.3. The summed E-state index contributed by atoms with van der Waals surface area (Å²) in [6.07, 6.45) is 0.660. The van der Waals surface area contributed by atoms with Gasteiger partial charge in [-0.1, -0.05) is 86.6 Å². The summed E-state index contributed by atoms with van der Waals surface area (Å²) in [5, 5.41) is 0. The van der Waals surface area contributed by atoms with Gasteiger partial charge in [-0.15, -0.1) is 0 Å². The standard InChI is InChI=1S/C26H30O2/c1-5-20(2)21-16-18-24(19-17-21)28-25(27-4)26(3,22-12-8-6-9-13-22)23-14-10-7-11-15-23/h6-20,25H,5H2,1-4H3. The maximum Gasteiger partial charge on any atom is 0.213 e. The van der Waals surface area contributed by atoms with Crippen LogP contribution in [0.1, 0.15) is 49.8 Å². The van der Waals surface area contributed by atoms with Gasteiger partial charge >= 0.3 is 0 Å². The number of rotatable bonds is 8. The molecule has 3 aromatic carbocycles. The third kappa shape index (κ3) is 4.13. The maximum atomic E-state index is 6.38. The van der Waals surface area contributed by atoms with E-state index < -0.39 is 11.7 Å². The van der Waals surface area contributed by atoms with E-state index in [9.17, 15) is 0 Å². The highest BCUT2D eigenvalue weighted by Crippen LogP contribution is 2.38. The first-order chi connectivity index (χ1) is 13.6. The van der Waals surface area contributed by atoms with Crippen molar-refractivity contribution in [3.8, 4) is 5.75 Å². The molecule has 0 saturated carbocycles. The monoisotopic (exact) mass is 374 g/mol. The van der Waals surface area contributed by atoms with Crippen molar-refractivity contribution in [2.75, 3.05) is 7.11 Å². The number of hydrogen-bond acceptors (Lipinski definition) is 2. The Morgan fingerprint density at radius 1 is 0.786 bits per heavy atom. The molecule has 3 aromatic rings. The summed E-state index contributed by atoms with van der Waals surface area (Å²) in [5.41, 5.74) is 3.19. The van der Waals surface area contributed by atoms with Crippen LogP contribution in [0.5, 0.6) is 5.75 Å². The van der Waals surface area contributed by atoms with Crippen LogP contribution in [0.2, 0.25) is 0 Å². The maximum absolute atomic E-state index is 6.38. The minimum atomic E-state index is -0.466. The second-order valence-electron chi connectivity index (χ2n) is 7.50. The summed E-state index contributed by atoms with van der Waals surface area (Å²) in [4.78, 5) is 0. The van der Waals surface area contributed by atoms with Crippen molar-refractivity contribution in [2.45, 2.75) is 44.8 Å². The first-order valence-corrected chi connectivity index (χ1v) is 10.00. The van der Waals surface area contributed by atoms with Crippen molar-refractivity contribution >= 4 is 0 Å². The van der Waals surface area contributed by atoms with E-state index in [4.69, 9.17) is 9.47 Å². The SMILES string of the molecule is CCC(C)c1ccc(OC(OC)C(C)(c2ccccc2)c2ccccc2)cc1. The zero-order chi connectivity index (χ0) is 20.0. The van der Waals surface area contributed by atoms with Crippen LogP contribution < -0.4 is 4.74 Å². The Morgan fingerprint density at radius 2 is 1.29 bits per heavy atom. The zero-order valence-electron chi connectivity index (χ0n) is 17.3. The average molecular weight is 375 g/mol. The Morgan fingerprint density at radius 3 is 1.71 bits per heavy atom. The Bertz CT molecular complexity index is 801. The highest BCUT2D eigenvalue weighted by molar-refractivity contribution is 5.40. The van der Waals surface area contributed by atoms with E-state index in [1.807, 2.05) is 24.3 Å². The molecule has 0 bridgehead atoms. The normalized spacial score (nSPS) is 13.7. The number of methoxy groups -OCH3 is 1. The van der Waals surface area contributed by atoms with Crippen molar-refractivity contribution < 1.29 is 9.47 Å². The number of hydrogen-bond donors (Lipinski definition) is 0. The second kappa shape index (κ2) is 9.07. The van der Waals surface area contributed by atoms with Crippen LogP contribution in [0, 0.1) is 0 Å². The summed E-state index contributed by atoms with van der Waals surface area (Å²) >= 11 is 0. The smallest absolute Gasteiger partial charge is 0.213 e. The molecule has 28 heavy (non-hydrogen) atoms. The van der Waals surface area contributed by atoms with Crippen molar-refractivity contribution in [1.29, 1.82) is 0 Å². The number of benzene rings is 3. The van der Waals surface area contributed by atoms with Crippen LogP contribution in [-0.4, -0.2) is 13.4 Å². The Balaban J connectivity index is 1.96. The molecule has 0 aromatic heterocycles. The zero-order valence-corrected chi connectivity index (χ0v) is 17.3. The molecule has 2 nitrogen and oxygen atoms in total. The van der Waals surface area contributed by atoms with E-state index in [0.29, 0.717) is 5.92 Å². The molecule has 0 radical (unpaired) electrons. The molecule has 0 heterocycles. The average Bonchev–Trinajstić information content (AvgIpc) is 2.78. The van der Waals surface area contributed by atoms with Gasteiger partial charge in [0.15, 0.2) is 0 Å². The summed E-state index contributed by atoms with van der Waals surface area (Å²) in [5.74, 6) is 1.36. The minimum absolute atomic E-state index is 0.452. The van der Waals surface area contributed by atoms with Crippen LogP contribution in [0.15, 0.2) is 84.9 Å². The van der Waals surface area contributed by atoms with Crippen molar-refractivity contribution in [1.82, 2.24) is 0 Å². The van der Waals surface area contributed by atoms with Gasteiger partial charge in [0.1, 0.15) is 5.75 Å². The van der Waals surface area contributed by atoms with Crippen molar-refractivity contribution in [2.24, 2.45) is 0 Å². The third-order valence-electron chi connectivity index (χ3n) is 5.74. The van der Waals surface area contributed by atoms with Crippen molar-refractivity contribution in [3.63, 3.8) is 0 Å². The molecular weight excluding hydrogens is 344 g/mol. The van der Waals surface area contributed by atoms with Crippen LogP contribution in [-0.2, 0) is 10.2 Å². The molecule has 0 amide bonds. The lowest BCUT2D eigenvalue weighted by molar-refractivity contribution is -0.0914. The van der Waals surface area contributed by atoms with E-state index >= 15 is 0 Å². The van der Waals surface area contributed by atoms with Gasteiger partial charge in [0.05, 0.1) is 5.41 Å². The highest BCUT2D eigenvalue weighted by atomic mass is 16.7. The molecule has 0 saturated heterocycles. The molecule has 0 aliphatic heterocycles. The molecule has 0 N–H and O–H groups in total. The minimum Gasteiger partial charge on any atom is -0.464 e. The quantitative estimate of drug-likeness (QED) is 0.416. The molecule has 0 fully saturated rings. The molecule has 0 aliphatic carbocycles. The predicted octanol–water partition coefficient (Wildman–Crippen LogP) is 6.56. The summed E-state index contributed by atoms with van der Waals surface area (Å²) in [6.45, 7) is 6.64. The first kappa shape index (κ1) is 20.2. The van der Waals surface area contributed by atoms with E-state index in [1.165, 1.54) is 5.56 Å². The largest absolute Gasteiger partial charge is 0.464 e. The topological polar surface area (TPSA) is 18.5 Å². The lowest BCUT2D eigenvalue weighted by Crippen LogP contribution is -2.43. The van der Waals surface area contributed by atoms with Gasteiger partial charge in [0, 0.05) is 7.11 Å². The van der Waals surface area contributed by atoms with Gasteiger partial charge in [-0.3, -0.25) is 0 Å². The van der Waals surface area contributed by atoms with Gasteiger partial charge in [0.25, 0.3) is 0 Å². The Kier molecular flexibility index (Phi) is 6.53. The first-order valence-electron chi connectivity index (χ1n) is 10.00. The Hall–Kier alpha value is -2.58. The lowest BCUT2D eigenvalue weighted by atomic mass is 9.75. The van der Waals surface area contributed by atoms with Gasteiger partial charge in [0.2, 0.25) is 6.29 Å². The van der Waals surface area contributed by atoms with E-state index in [2.05, 4.69) is 81.4 Å². The van der Waals surface area contributed by atoms with Gasteiger partial charge in [-0.25, -0.2) is 0 Å². The summed E-state index contributed by atoms with van der Waals surface area (Å²) in [7, 11) is 1.71. The molecule has 2 unspecified atom stereocenters. The van der Waals surface area contributed by atoms with Crippen LogP contribution in [0.3, 0.4) is 0 Å². The summed E-state index contributed by atoms with van der Waals surface area (Å²) in [6, 6.07) is 29.2. The van der Waals surface area contributed by atoms with E-state index in [1.54, 1.807) is 7.11 Å². The predicted molar refractivity (Wildman–Crippen MR) is 116 cm³/mol. The van der Waals surface area contributed by atoms with Gasteiger partial charge in [-0.2, -0.15) is 0 Å². The van der Waals surface area contributed by atoms with Crippen molar-refractivity contribution in [3.05, 3.63) is 102 Å². The van der Waals surface area contributed by atoms with Crippen LogP contribution in [0.4, 0.5) is 0 Å². The van der Waals surface area contributed by atoms with Gasteiger partial charge in [-0.05, 0) is 48.1 Å². The highest BCUT2D eigenvalue weighted by Gasteiger charge is 2.40.